The van der Waals surface area contributed by atoms with E-state index in [1.165, 1.54) is 0 Å². The predicted molar refractivity (Wildman–Crippen MR) is 95.0 cm³/mol. The Kier molecular flexibility index (Phi) is 4.04. The van der Waals surface area contributed by atoms with Crippen LogP contribution in [0.25, 0.3) is 5.65 Å². The molecule has 0 unspecified atom stereocenters. The molecule has 0 bridgehead atoms. The summed E-state index contributed by atoms with van der Waals surface area (Å²) in [5, 5.41) is 5.70. The van der Waals surface area contributed by atoms with Crippen LogP contribution >= 0.6 is 0 Å². The SMILES string of the molecule is CNC1CCN(c2cccn3c(N4CCC(=O)NC4=O)cnc23)CC1. The third kappa shape index (κ3) is 2.82. The molecule has 3 amide bonds. The first kappa shape index (κ1) is 15.9. The van der Waals surface area contributed by atoms with Gasteiger partial charge >= 0.3 is 6.03 Å². The van der Waals surface area contributed by atoms with Crippen LogP contribution in [0.4, 0.5) is 16.3 Å². The number of fused-ring (bicyclic) bond motifs is 1. The number of urea groups is 1. The van der Waals surface area contributed by atoms with Crippen LogP contribution < -0.4 is 20.4 Å². The van der Waals surface area contributed by atoms with E-state index in [0.29, 0.717) is 24.8 Å². The van der Waals surface area contributed by atoms with Gasteiger partial charge in [-0.05, 0) is 32.0 Å². The molecule has 4 heterocycles. The number of rotatable bonds is 3. The van der Waals surface area contributed by atoms with E-state index in [-0.39, 0.29) is 5.91 Å². The lowest BCUT2D eigenvalue weighted by Crippen LogP contribution is -2.50. The molecule has 132 valence electrons. The van der Waals surface area contributed by atoms with Gasteiger partial charge in [0.1, 0.15) is 5.82 Å². The molecule has 2 N–H and O–H groups in total. The van der Waals surface area contributed by atoms with Crippen LogP contribution in [0, 0.1) is 0 Å². The number of aromatic nitrogens is 2. The molecular formula is C17H22N6O2. The number of hydrogen-bond donors (Lipinski definition) is 2. The first-order valence-electron chi connectivity index (χ1n) is 8.67. The fourth-order valence-electron chi connectivity index (χ4n) is 3.62. The highest BCUT2D eigenvalue weighted by Crippen LogP contribution is 2.28. The largest absolute Gasteiger partial charge is 0.368 e. The number of nitrogens with one attached hydrogen (secondary N) is 2. The molecule has 0 saturated carbocycles. The van der Waals surface area contributed by atoms with E-state index >= 15 is 0 Å². The first-order valence-corrected chi connectivity index (χ1v) is 8.67. The van der Waals surface area contributed by atoms with Crippen LogP contribution in [0.5, 0.6) is 0 Å². The Bertz CT molecular complexity index is 809. The summed E-state index contributed by atoms with van der Waals surface area (Å²) in [4.78, 5) is 32.0. The minimum absolute atomic E-state index is 0.233. The quantitative estimate of drug-likeness (QED) is 0.869. The highest BCUT2D eigenvalue weighted by atomic mass is 16.2. The van der Waals surface area contributed by atoms with Gasteiger partial charge in [0.15, 0.2) is 5.65 Å². The Morgan fingerprint density at radius 1 is 1.24 bits per heavy atom. The van der Waals surface area contributed by atoms with Gasteiger partial charge in [0.2, 0.25) is 5.91 Å². The fourth-order valence-corrected chi connectivity index (χ4v) is 3.62. The third-order valence-electron chi connectivity index (χ3n) is 5.07. The highest BCUT2D eigenvalue weighted by Gasteiger charge is 2.27. The minimum atomic E-state index is -0.390. The van der Waals surface area contributed by atoms with Crippen LogP contribution in [0.1, 0.15) is 19.3 Å². The molecule has 0 radical (unpaired) electrons. The van der Waals surface area contributed by atoms with Gasteiger partial charge in [0.25, 0.3) is 0 Å². The molecule has 0 aliphatic carbocycles. The van der Waals surface area contributed by atoms with Crippen LogP contribution in [-0.4, -0.2) is 54.0 Å². The summed E-state index contributed by atoms with van der Waals surface area (Å²) in [6, 6.07) is 4.23. The van der Waals surface area contributed by atoms with Crippen molar-refractivity contribution in [3.63, 3.8) is 0 Å². The molecule has 0 aromatic carbocycles. The standard InChI is InChI=1S/C17H22N6O2/c1-18-12-4-8-21(9-5-12)13-3-2-7-22-15(11-19-16(13)22)23-10-6-14(24)20-17(23)25/h2-3,7,11-12,18H,4-6,8-10H2,1H3,(H,20,24,25). The zero-order valence-corrected chi connectivity index (χ0v) is 14.2. The molecule has 2 aliphatic heterocycles. The second-order valence-electron chi connectivity index (χ2n) is 6.51. The molecule has 0 atom stereocenters. The van der Waals surface area contributed by atoms with Gasteiger partial charge in [-0.2, -0.15) is 0 Å². The van der Waals surface area contributed by atoms with Crippen LogP contribution in [0.2, 0.25) is 0 Å². The van der Waals surface area contributed by atoms with E-state index in [1.54, 1.807) is 11.1 Å². The van der Waals surface area contributed by atoms with Crippen molar-refractivity contribution in [2.45, 2.75) is 25.3 Å². The molecule has 8 nitrogen and oxygen atoms in total. The first-order chi connectivity index (χ1) is 12.2. The van der Waals surface area contributed by atoms with Crippen molar-refractivity contribution >= 4 is 29.1 Å². The lowest BCUT2D eigenvalue weighted by Gasteiger charge is -2.33. The molecule has 8 heteroatoms. The van der Waals surface area contributed by atoms with Gasteiger partial charge in [0, 0.05) is 38.3 Å². The van der Waals surface area contributed by atoms with E-state index in [4.69, 9.17) is 0 Å². The number of amides is 3. The minimum Gasteiger partial charge on any atom is -0.368 e. The zero-order valence-electron chi connectivity index (χ0n) is 14.2. The maximum atomic E-state index is 12.1. The predicted octanol–water partition coefficient (Wildman–Crippen LogP) is 0.969. The maximum Gasteiger partial charge on any atom is 0.329 e. The van der Waals surface area contributed by atoms with E-state index in [1.807, 2.05) is 23.7 Å². The molecule has 2 aromatic heterocycles. The molecule has 25 heavy (non-hydrogen) atoms. The summed E-state index contributed by atoms with van der Waals surface area (Å²) in [5.41, 5.74) is 1.92. The fraction of sp³-hybridized carbons (Fsp3) is 0.471. The van der Waals surface area contributed by atoms with E-state index < -0.39 is 6.03 Å². The summed E-state index contributed by atoms with van der Waals surface area (Å²) >= 11 is 0. The van der Waals surface area contributed by atoms with E-state index in [0.717, 1.165) is 37.3 Å². The normalized spacial score (nSPS) is 19.6. The second kappa shape index (κ2) is 6.36. The van der Waals surface area contributed by atoms with Gasteiger partial charge in [-0.25, -0.2) is 9.78 Å². The van der Waals surface area contributed by atoms with Crippen LogP contribution in [-0.2, 0) is 4.79 Å². The molecule has 0 spiro atoms. The van der Waals surface area contributed by atoms with E-state index in [2.05, 4.69) is 26.6 Å². The van der Waals surface area contributed by atoms with Crippen molar-refractivity contribution in [3.05, 3.63) is 24.5 Å². The number of anilines is 2. The van der Waals surface area contributed by atoms with Gasteiger partial charge in [0.05, 0.1) is 11.9 Å². The molecule has 2 aromatic rings. The monoisotopic (exact) mass is 342 g/mol. The molecule has 2 fully saturated rings. The van der Waals surface area contributed by atoms with Crippen molar-refractivity contribution in [1.82, 2.24) is 20.0 Å². The lowest BCUT2D eigenvalue weighted by molar-refractivity contribution is -0.120. The Hall–Kier alpha value is -2.61. The Labute approximate surface area is 145 Å². The topological polar surface area (TPSA) is 82.0 Å². The molecule has 2 saturated heterocycles. The Morgan fingerprint density at radius 2 is 2.04 bits per heavy atom. The number of piperidine rings is 1. The van der Waals surface area contributed by atoms with Crippen molar-refractivity contribution in [1.29, 1.82) is 0 Å². The van der Waals surface area contributed by atoms with Crippen LogP contribution in [0.15, 0.2) is 24.5 Å². The Balaban J connectivity index is 1.65. The van der Waals surface area contributed by atoms with Gasteiger partial charge in [-0.1, -0.05) is 0 Å². The van der Waals surface area contributed by atoms with Crippen molar-refractivity contribution < 1.29 is 9.59 Å². The average Bonchev–Trinajstić information content (AvgIpc) is 3.06. The summed E-state index contributed by atoms with van der Waals surface area (Å²) < 4.78 is 1.93. The summed E-state index contributed by atoms with van der Waals surface area (Å²) in [5.74, 6) is 0.454. The van der Waals surface area contributed by atoms with Crippen molar-refractivity contribution in [2.24, 2.45) is 0 Å². The lowest BCUT2D eigenvalue weighted by atomic mass is 10.0. The summed E-state index contributed by atoms with van der Waals surface area (Å²) in [7, 11) is 2.01. The number of carbonyl (C=O) groups excluding carboxylic acids is 2. The number of carbonyl (C=O) groups is 2. The van der Waals surface area contributed by atoms with Gasteiger partial charge < -0.3 is 10.2 Å². The molecule has 2 aliphatic rings. The molecule has 4 rings (SSSR count). The third-order valence-corrected chi connectivity index (χ3v) is 5.07. The summed E-state index contributed by atoms with van der Waals surface area (Å²) in [6.45, 7) is 2.33. The summed E-state index contributed by atoms with van der Waals surface area (Å²) in [6.07, 6.45) is 6.11. The zero-order chi connectivity index (χ0) is 17.4. The smallest absolute Gasteiger partial charge is 0.329 e. The van der Waals surface area contributed by atoms with Gasteiger partial charge in [-0.3, -0.25) is 19.4 Å². The van der Waals surface area contributed by atoms with E-state index in [9.17, 15) is 9.59 Å². The number of nitrogens with zero attached hydrogens (tertiary/aromatic N) is 4. The number of pyridine rings is 1. The highest BCUT2D eigenvalue weighted by molar-refractivity contribution is 6.05. The van der Waals surface area contributed by atoms with Crippen molar-refractivity contribution in [3.8, 4) is 0 Å². The average molecular weight is 342 g/mol. The second-order valence-corrected chi connectivity index (χ2v) is 6.51. The van der Waals surface area contributed by atoms with Crippen molar-refractivity contribution in [2.75, 3.05) is 36.5 Å². The number of imidazole rings is 1. The molecular weight excluding hydrogens is 320 g/mol. The van der Waals surface area contributed by atoms with Gasteiger partial charge in [-0.15, -0.1) is 0 Å². The van der Waals surface area contributed by atoms with Crippen LogP contribution in [0.3, 0.4) is 0 Å². The Morgan fingerprint density at radius 3 is 2.76 bits per heavy atom. The maximum absolute atomic E-state index is 12.1. The number of hydrogen-bond acceptors (Lipinski definition) is 5. The number of imide groups is 1.